The van der Waals surface area contributed by atoms with Gasteiger partial charge in [0.2, 0.25) is 0 Å². The lowest BCUT2D eigenvalue weighted by Crippen LogP contribution is -2.51. The molecule has 2 saturated carbocycles. The number of ether oxygens (including phenoxy) is 1. The minimum absolute atomic E-state index is 0.0397. The summed E-state index contributed by atoms with van der Waals surface area (Å²) in [6, 6.07) is 0. The van der Waals surface area contributed by atoms with Crippen molar-refractivity contribution >= 4 is 11.8 Å². The zero-order chi connectivity index (χ0) is 18.2. The van der Waals surface area contributed by atoms with Gasteiger partial charge in [-0.2, -0.15) is 0 Å². The molecule has 0 bridgehead atoms. The number of ketones is 1. The molecule has 2 rings (SSSR count). The van der Waals surface area contributed by atoms with Crippen LogP contribution in [0, 0.1) is 23.7 Å². The van der Waals surface area contributed by atoms with Crippen molar-refractivity contribution in [1.29, 1.82) is 0 Å². The highest BCUT2D eigenvalue weighted by Gasteiger charge is 2.54. The van der Waals surface area contributed by atoms with E-state index in [4.69, 9.17) is 4.74 Å². The van der Waals surface area contributed by atoms with Crippen molar-refractivity contribution < 1.29 is 19.4 Å². The molecule has 5 atom stereocenters. The van der Waals surface area contributed by atoms with E-state index in [9.17, 15) is 14.7 Å². The Morgan fingerprint density at radius 1 is 1.38 bits per heavy atom. The lowest BCUT2D eigenvalue weighted by Gasteiger charge is -2.45. The molecule has 0 amide bonds. The van der Waals surface area contributed by atoms with E-state index in [1.807, 2.05) is 26.8 Å². The lowest BCUT2D eigenvalue weighted by molar-refractivity contribution is -0.160. The van der Waals surface area contributed by atoms with Crippen LogP contribution in [0.25, 0.3) is 0 Å². The molecule has 0 saturated heterocycles. The number of carbonyl (C=O) groups excluding carboxylic acids is 2. The van der Waals surface area contributed by atoms with Crippen molar-refractivity contribution in [2.75, 3.05) is 0 Å². The molecule has 0 aromatic heterocycles. The molecule has 0 radical (unpaired) electrons. The Balaban J connectivity index is 2.44. The van der Waals surface area contributed by atoms with E-state index in [0.717, 1.165) is 5.57 Å². The number of aliphatic hydroxyl groups is 1. The van der Waals surface area contributed by atoms with Gasteiger partial charge in [-0.25, -0.2) is 4.79 Å². The predicted molar refractivity (Wildman–Crippen MR) is 93.1 cm³/mol. The minimum atomic E-state index is -0.934. The number of rotatable bonds is 3. The van der Waals surface area contributed by atoms with Gasteiger partial charge in [-0.1, -0.05) is 32.6 Å². The highest BCUT2D eigenvalue weighted by atomic mass is 16.6. The zero-order valence-corrected chi connectivity index (χ0v) is 15.2. The third kappa shape index (κ3) is 3.00. The first-order valence-electron chi connectivity index (χ1n) is 8.64. The van der Waals surface area contributed by atoms with E-state index in [0.29, 0.717) is 17.6 Å². The van der Waals surface area contributed by atoms with Crippen molar-refractivity contribution in [1.82, 2.24) is 0 Å². The normalized spacial score (nSPS) is 35.5. The van der Waals surface area contributed by atoms with Crippen molar-refractivity contribution in [2.24, 2.45) is 23.7 Å². The number of esters is 1. The van der Waals surface area contributed by atoms with Gasteiger partial charge in [0.25, 0.3) is 0 Å². The fourth-order valence-electron chi connectivity index (χ4n) is 4.15. The number of fused-ring (bicyclic) bond motifs is 1. The molecule has 0 heterocycles. The van der Waals surface area contributed by atoms with Crippen LogP contribution < -0.4 is 0 Å². The molecule has 1 N–H and O–H groups in total. The van der Waals surface area contributed by atoms with E-state index in [-0.39, 0.29) is 29.5 Å². The molecule has 5 unspecified atom stereocenters. The van der Waals surface area contributed by atoms with Crippen LogP contribution in [0.15, 0.2) is 35.5 Å². The van der Waals surface area contributed by atoms with Gasteiger partial charge in [-0.05, 0) is 43.8 Å². The topological polar surface area (TPSA) is 63.6 Å². The van der Waals surface area contributed by atoms with E-state index >= 15 is 0 Å². The Hall–Kier alpha value is -1.68. The maximum absolute atomic E-state index is 12.4. The Morgan fingerprint density at radius 2 is 2.00 bits per heavy atom. The Labute approximate surface area is 144 Å². The van der Waals surface area contributed by atoms with Gasteiger partial charge in [0.1, 0.15) is 12.2 Å². The zero-order valence-electron chi connectivity index (χ0n) is 15.2. The van der Waals surface area contributed by atoms with Crippen LogP contribution in [0.5, 0.6) is 0 Å². The summed E-state index contributed by atoms with van der Waals surface area (Å²) in [4.78, 5) is 24.6. The van der Waals surface area contributed by atoms with Crippen LogP contribution >= 0.6 is 0 Å². The maximum Gasteiger partial charge on any atom is 0.333 e. The first-order chi connectivity index (χ1) is 11.2. The highest BCUT2D eigenvalue weighted by molar-refractivity contribution is 5.99. The summed E-state index contributed by atoms with van der Waals surface area (Å²) in [5, 5.41) is 10.7. The number of hydrogen-bond donors (Lipinski definition) is 1. The second-order valence-corrected chi connectivity index (χ2v) is 7.19. The SMILES string of the molecule is C=C1C(O)C(OC(=O)C(C)=CC)C(C(C)C)C2C(=CC)C(=O)CC12. The summed E-state index contributed by atoms with van der Waals surface area (Å²) in [7, 11) is 0. The highest BCUT2D eigenvalue weighted by Crippen LogP contribution is 2.52. The number of aliphatic hydroxyl groups excluding tert-OH is 1. The van der Waals surface area contributed by atoms with E-state index < -0.39 is 18.2 Å². The van der Waals surface area contributed by atoms with Gasteiger partial charge in [0.15, 0.2) is 5.78 Å². The second kappa shape index (κ2) is 7.06. The quantitative estimate of drug-likeness (QED) is 0.490. The molecular weight excluding hydrogens is 304 g/mol. The molecule has 2 aliphatic carbocycles. The van der Waals surface area contributed by atoms with Crippen LogP contribution in [-0.4, -0.2) is 29.1 Å². The van der Waals surface area contributed by atoms with Crippen molar-refractivity contribution in [3.8, 4) is 0 Å². The molecule has 2 fully saturated rings. The number of hydrogen-bond acceptors (Lipinski definition) is 4. The monoisotopic (exact) mass is 332 g/mol. The summed E-state index contributed by atoms with van der Waals surface area (Å²) in [5.74, 6) is -0.370. The Morgan fingerprint density at radius 3 is 2.50 bits per heavy atom. The smallest absolute Gasteiger partial charge is 0.333 e. The largest absolute Gasteiger partial charge is 0.456 e. The van der Waals surface area contributed by atoms with Gasteiger partial charge in [-0.15, -0.1) is 0 Å². The van der Waals surface area contributed by atoms with Gasteiger partial charge in [-0.3, -0.25) is 4.79 Å². The van der Waals surface area contributed by atoms with Crippen LogP contribution in [0.4, 0.5) is 0 Å². The molecule has 2 aliphatic rings. The molecule has 0 aromatic rings. The van der Waals surface area contributed by atoms with E-state index in [2.05, 4.69) is 6.58 Å². The summed E-state index contributed by atoms with van der Waals surface area (Å²) in [6.45, 7) is 13.4. The molecule has 132 valence electrons. The summed E-state index contributed by atoms with van der Waals surface area (Å²) in [6.07, 6.45) is 2.33. The molecule has 0 aromatic carbocycles. The van der Waals surface area contributed by atoms with Crippen molar-refractivity contribution in [3.05, 3.63) is 35.5 Å². The predicted octanol–water partition coefficient (Wildman–Crippen LogP) is 3.22. The number of allylic oxidation sites excluding steroid dienone is 3. The second-order valence-electron chi connectivity index (χ2n) is 7.19. The summed E-state index contributed by atoms with van der Waals surface area (Å²) in [5.41, 5.74) is 1.90. The van der Waals surface area contributed by atoms with Gasteiger partial charge < -0.3 is 9.84 Å². The molecule has 4 nitrogen and oxygen atoms in total. The average molecular weight is 332 g/mol. The van der Waals surface area contributed by atoms with Crippen LogP contribution in [0.2, 0.25) is 0 Å². The Bertz CT molecular complexity index is 611. The third-order valence-corrected chi connectivity index (χ3v) is 5.56. The lowest BCUT2D eigenvalue weighted by atomic mass is 9.64. The first kappa shape index (κ1) is 18.7. The fraction of sp³-hybridized carbons (Fsp3) is 0.600. The molecule has 0 aliphatic heterocycles. The first-order valence-corrected chi connectivity index (χ1v) is 8.64. The van der Waals surface area contributed by atoms with Crippen molar-refractivity contribution in [2.45, 2.75) is 53.2 Å². The summed E-state index contributed by atoms with van der Waals surface area (Å²) < 4.78 is 5.68. The standard InChI is InChI=1S/C20H28O4/c1-7-11(5)20(23)24-19-16(10(3)4)17-13(8-2)15(21)9-14(17)12(6)18(19)22/h7-8,10,14,16-19,22H,6,9H2,1-5H3. The molecular formula is C20H28O4. The van der Waals surface area contributed by atoms with Gasteiger partial charge in [0.05, 0.1) is 0 Å². The molecule has 0 spiro atoms. The number of Topliss-reactive ketones (excluding diaryl/α,β-unsaturated/α-hetero) is 1. The molecule has 24 heavy (non-hydrogen) atoms. The van der Waals surface area contributed by atoms with Gasteiger partial charge in [0, 0.05) is 23.8 Å². The average Bonchev–Trinajstić information content (AvgIpc) is 2.87. The molecule has 4 heteroatoms. The van der Waals surface area contributed by atoms with Crippen LogP contribution in [-0.2, 0) is 14.3 Å². The van der Waals surface area contributed by atoms with Gasteiger partial charge >= 0.3 is 5.97 Å². The summed E-state index contributed by atoms with van der Waals surface area (Å²) >= 11 is 0. The van der Waals surface area contributed by atoms with Crippen molar-refractivity contribution in [3.63, 3.8) is 0 Å². The Kier molecular flexibility index (Phi) is 5.49. The fourth-order valence-corrected chi connectivity index (χ4v) is 4.15. The maximum atomic E-state index is 12.4. The van der Waals surface area contributed by atoms with E-state index in [1.54, 1.807) is 19.9 Å². The third-order valence-electron chi connectivity index (χ3n) is 5.56. The van der Waals surface area contributed by atoms with E-state index in [1.165, 1.54) is 0 Å². The van der Waals surface area contributed by atoms with Crippen LogP contribution in [0.1, 0.15) is 41.0 Å². The number of carbonyl (C=O) groups is 2. The van der Waals surface area contributed by atoms with Crippen LogP contribution in [0.3, 0.4) is 0 Å². The minimum Gasteiger partial charge on any atom is -0.456 e.